The Balaban J connectivity index is 1.11. The van der Waals surface area contributed by atoms with Crippen LogP contribution in [0.5, 0.6) is 5.75 Å². The first-order valence-corrected chi connectivity index (χ1v) is 17.6. The zero-order valence-electron chi connectivity index (χ0n) is 25.0. The second-order valence-corrected chi connectivity index (χ2v) is 15.2. The fourth-order valence-electron chi connectivity index (χ4n) is 5.69. The van der Waals surface area contributed by atoms with E-state index >= 15 is 0 Å². The van der Waals surface area contributed by atoms with E-state index in [9.17, 15) is 21.9 Å². The van der Waals surface area contributed by atoms with E-state index in [-0.39, 0.29) is 34.8 Å². The Hall–Kier alpha value is -3.37. The van der Waals surface area contributed by atoms with Crippen molar-refractivity contribution in [3.05, 3.63) is 78.4 Å². The first-order chi connectivity index (χ1) is 21.4. The fourth-order valence-corrected chi connectivity index (χ4v) is 7.94. The minimum atomic E-state index is -3.71. The van der Waals surface area contributed by atoms with Crippen molar-refractivity contribution in [2.75, 3.05) is 39.9 Å². The number of nitrogens with zero attached hydrogens (tertiary/aromatic N) is 1. The van der Waals surface area contributed by atoms with E-state index in [1.807, 2.05) is 18.2 Å². The van der Waals surface area contributed by atoms with Gasteiger partial charge in [-0.1, -0.05) is 42.5 Å². The van der Waals surface area contributed by atoms with Gasteiger partial charge in [0.15, 0.2) is 0 Å². The Bertz CT molecular complexity index is 1720. The summed E-state index contributed by atoms with van der Waals surface area (Å²) in [5.41, 5.74) is 7.31. The monoisotopic (exact) mass is 657 g/mol. The largest absolute Gasteiger partial charge is 0.491 e. The highest BCUT2D eigenvalue weighted by atomic mass is 32.2. The van der Waals surface area contributed by atoms with E-state index in [2.05, 4.69) is 10.0 Å². The number of hydrogen-bond donors (Lipinski definition) is 5. The second-order valence-electron chi connectivity index (χ2n) is 11.4. The standard InChI is InChI=1S/C31H39N5O7S2/c1-34-44(38,39)28-6-3-5-27(17-28)42-21-26(37)19-35-25-18-31(43-20-25)12-14-36(15-13-31)45(40,41)29-7-2-4-24(16-29)22-8-10-23(11-9-22)30(32)33/h2-11,16-17,25-26,34-35,37H,12-15,18-21H2,1H3,(H3,32,33). The van der Waals surface area contributed by atoms with Gasteiger partial charge in [-0.3, -0.25) is 5.41 Å². The molecule has 2 heterocycles. The van der Waals surface area contributed by atoms with Crippen molar-refractivity contribution in [1.29, 1.82) is 5.41 Å². The van der Waals surface area contributed by atoms with Crippen molar-refractivity contribution < 1.29 is 31.4 Å². The summed E-state index contributed by atoms with van der Waals surface area (Å²) in [6.07, 6.45) is 0.993. The number of benzene rings is 3. The van der Waals surface area contributed by atoms with E-state index in [1.54, 1.807) is 42.5 Å². The number of nitrogens with two attached hydrogens (primary N) is 1. The summed E-state index contributed by atoms with van der Waals surface area (Å²) in [5, 5.41) is 21.3. The first-order valence-electron chi connectivity index (χ1n) is 14.7. The number of piperidine rings is 1. The molecule has 6 N–H and O–H groups in total. The topological polar surface area (TPSA) is 184 Å². The Kier molecular flexibility index (Phi) is 9.94. The highest BCUT2D eigenvalue weighted by Gasteiger charge is 2.44. The molecule has 2 aliphatic heterocycles. The van der Waals surface area contributed by atoms with Gasteiger partial charge in [-0.2, -0.15) is 4.31 Å². The number of nitrogen functional groups attached to an aromatic ring is 1. The number of nitrogens with one attached hydrogen (secondary N) is 3. The van der Waals surface area contributed by atoms with Crippen molar-refractivity contribution in [1.82, 2.24) is 14.3 Å². The van der Waals surface area contributed by atoms with E-state index in [0.717, 1.165) is 11.1 Å². The SMILES string of the molecule is CNS(=O)(=O)c1cccc(OCC(O)CNC2COC3(CCN(S(=O)(=O)c4cccc(-c5ccc(C(=N)N)cc5)c4)CC3)C2)c1. The number of aliphatic hydroxyl groups is 1. The molecule has 5 rings (SSSR count). The van der Waals surface area contributed by atoms with E-state index < -0.39 is 31.8 Å². The molecule has 2 atom stereocenters. The summed E-state index contributed by atoms with van der Waals surface area (Å²) in [5.74, 6) is 0.312. The number of hydrogen-bond acceptors (Lipinski definition) is 9. The van der Waals surface area contributed by atoms with Gasteiger partial charge in [-0.15, -0.1) is 0 Å². The third-order valence-electron chi connectivity index (χ3n) is 8.31. The summed E-state index contributed by atoms with van der Waals surface area (Å²) in [4.78, 5) is 0.304. The molecule has 2 fully saturated rings. The van der Waals surface area contributed by atoms with Crippen molar-refractivity contribution >= 4 is 25.9 Å². The average Bonchev–Trinajstić information content (AvgIpc) is 3.45. The van der Waals surface area contributed by atoms with Gasteiger partial charge in [0.05, 0.1) is 22.0 Å². The highest BCUT2D eigenvalue weighted by Crippen LogP contribution is 2.37. The minimum absolute atomic E-state index is 0.00187. The molecule has 0 aromatic heterocycles. The number of rotatable bonds is 12. The van der Waals surface area contributed by atoms with Gasteiger partial charge in [0.1, 0.15) is 24.3 Å². The molecule has 0 radical (unpaired) electrons. The molecule has 2 aliphatic rings. The average molecular weight is 658 g/mol. The number of amidine groups is 1. The molecule has 3 aromatic rings. The number of sulfonamides is 2. The van der Waals surface area contributed by atoms with Crippen LogP contribution in [0.1, 0.15) is 24.8 Å². The van der Waals surface area contributed by atoms with Gasteiger partial charge in [-0.05, 0) is 61.7 Å². The molecule has 0 saturated carbocycles. The van der Waals surface area contributed by atoms with Crippen molar-refractivity contribution in [3.8, 4) is 16.9 Å². The van der Waals surface area contributed by atoms with Crippen molar-refractivity contribution in [2.45, 2.75) is 46.8 Å². The predicted molar refractivity (Wildman–Crippen MR) is 170 cm³/mol. The summed E-state index contributed by atoms with van der Waals surface area (Å²) in [7, 11) is -5.98. The Labute approximate surface area is 264 Å². The summed E-state index contributed by atoms with van der Waals surface area (Å²) >= 11 is 0. The molecule has 0 amide bonds. The summed E-state index contributed by atoms with van der Waals surface area (Å²) < 4.78 is 66.7. The van der Waals surface area contributed by atoms with Crippen LogP contribution in [0.4, 0.5) is 0 Å². The maximum atomic E-state index is 13.6. The molecular weight excluding hydrogens is 619 g/mol. The third kappa shape index (κ3) is 7.72. The van der Waals surface area contributed by atoms with Gasteiger partial charge in [0.2, 0.25) is 20.0 Å². The molecular formula is C31H39N5O7S2. The smallest absolute Gasteiger partial charge is 0.243 e. The lowest BCUT2D eigenvalue weighted by Crippen LogP contribution is -2.47. The molecule has 2 saturated heterocycles. The summed E-state index contributed by atoms with van der Waals surface area (Å²) in [6, 6.07) is 20.0. The minimum Gasteiger partial charge on any atom is -0.491 e. The molecule has 12 nitrogen and oxygen atoms in total. The van der Waals surface area contributed by atoms with Crippen LogP contribution >= 0.6 is 0 Å². The van der Waals surface area contributed by atoms with Gasteiger partial charge >= 0.3 is 0 Å². The molecule has 0 bridgehead atoms. The van der Waals surface area contributed by atoms with Crippen LogP contribution in [-0.2, 0) is 24.8 Å². The van der Waals surface area contributed by atoms with Crippen LogP contribution in [0.2, 0.25) is 0 Å². The maximum Gasteiger partial charge on any atom is 0.243 e. The van der Waals surface area contributed by atoms with Gasteiger partial charge in [0, 0.05) is 37.3 Å². The van der Waals surface area contributed by atoms with Gasteiger partial charge in [-0.25, -0.2) is 21.6 Å². The van der Waals surface area contributed by atoms with Crippen LogP contribution in [0, 0.1) is 5.41 Å². The molecule has 2 unspecified atom stereocenters. The van der Waals surface area contributed by atoms with Crippen LogP contribution in [0.25, 0.3) is 11.1 Å². The summed E-state index contributed by atoms with van der Waals surface area (Å²) in [6.45, 7) is 1.37. The molecule has 45 heavy (non-hydrogen) atoms. The quantitative estimate of drug-likeness (QED) is 0.143. The third-order valence-corrected chi connectivity index (χ3v) is 11.6. The fraction of sp³-hybridized carbons (Fsp3) is 0.387. The van der Waals surface area contributed by atoms with Crippen molar-refractivity contribution in [3.63, 3.8) is 0 Å². The van der Waals surface area contributed by atoms with Crippen LogP contribution in [0.3, 0.4) is 0 Å². The molecule has 3 aromatic carbocycles. The van der Waals surface area contributed by atoms with E-state index in [0.29, 0.717) is 50.3 Å². The molecule has 1 spiro atoms. The van der Waals surface area contributed by atoms with Crippen LogP contribution in [0.15, 0.2) is 82.6 Å². The Morgan fingerprint density at radius 3 is 2.42 bits per heavy atom. The van der Waals surface area contributed by atoms with Gasteiger partial charge in [0.25, 0.3) is 0 Å². The Morgan fingerprint density at radius 1 is 1.04 bits per heavy atom. The number of aliphatic hydroxyl groups excluding tert-OH is 1. The molecule has 242 valence electrons. The molecule has 0 aliphatic carbocycles. The zero-order chi connectivity index (χ0) is 32.2. The lowest BCUT2D eigenvalue weighted by Gasteiger charge is -2.38. The normalized spacial score (nSPS) is 19.4. The zero-order valence-corrected chi connectivity index (χ0v) is 26.6. The van der Waals surface area contributed by atoms with Crippen LogP contribution in [-0.4, -0.2) is 89.7 Å². The maximum absolute atomic E-state index is 13.6. The van der Waals surface area contributed by atoms with Crippen molar-refractivity contribution in [2.24, 2.45) is 5.73 Å². The lowest BCUT2D eigenvalue weighted by molar-refractivity contribution is -0.0312. The van der Waals surface area contributed by atoms with E-state index in [4.69, 9.17) is 20.6 Å². The van der Waals surface area contributed by atoms with Gasteiger partial charge < -0.3 is 25.6 Å². The van der Waals surface area contributed by atoms with E-state index in [1.165, 1.54) is 23.5 Å². The predicted octanol–water partition coefficient (Wildman–Crippen LogP) is 1.89. The lowest BCUT2D eigenvalue weighted by atomic mass is 9.88. The number of ether oxygens (including phenoxy) is 2. The molecule has 14 heteroatoms. The highest BCUT2D eigenvalue weighted by molar-refractivity contribution is 7.89. The van der Waals surface area contributed by atoms with Crippen LogP contribution < -0.4 is 20.5 Å². The Morgan fingerprint density at radius 2 is 1.73 bits per heavy atom. The second kappa shape index (κ2) is 13.5. The first kappa shape index (κ1) is 33.0.